The number of nitrogens with one attached hydrogen (secondary N) is 1. The third-order valence-corrected chi connectivity index (χ3v) is 5.34. The van der Waals surface area contributed by atoms with Gasteiger partial charge in [0.05, 0.1) is 17.9 Å². The lowest BCUT2D eigenvalue weighted by Crippen LogP contribution is -2.38. The van der Waals surface area contributed by atoms with Gasteiger partial charge < -0.3 is 15.1 Å². The van der Waals surface area contributed by atoms with E-state index in [4.69, 9.17) is 0 Å². The quantitative estimate of drug-likeness (QED) is 0.775. The monoisotopic (exact) mass is 327 g/mol. The van der Waals surface area contributed by atoms with Crippen LogP contribution in [0.3, 0.4) is 0 Å². The lowest BCUT2D eigenvalue weighted by atomic mass is 9.79. The number of nitrogens with zero attached hydrogens (tertiary/aromatic N) is 2. The number of carbonyl (C=O) groups is 1. The molecule has 4 atom stereocenters. The summed E-state index contributed by atoms with van der Waals surface area (Å²) < 4.78 is 0. The van der Waals surface area contributed by atoms with E-state index in [-0.39, 0.29) is 17.7 Å². The van der Waals surface area contributed by atoms with Crippen molar-refractivity contribution in [2.75, 3.05) is 13.1 Å². The van der Waals surface area contributed by atoms with Gasteiger partial charge >= 0.3 is 0 Å². The molecule has 1 amide bonds. The highest BCUT2D eigenvalue weighted by atomic mass is 16.3. The highest BCUT2D eigenvalue weighted by molar-refractivity contribution is 5.94. The van der Waals surface area contributed by atoms with E-state index >= 15 is 0 Å². The standard InChI is InChI=1S/C18H21N3O3/c22-16-7-13-9-21(10-14(13)8-17(16)23)18(24)12-3-1-11(2-4-12)15-5-6-19-20-15/h1-6,13-14,16-17,22-23H,7-10H2,(H,19,20)/t13-,14+,16-,17-/m1/s1. The fraction of sp³-hybridized carbons (Fsp3) is 0.444. The minimum absolute atomic E-state index is 0.0181. The maximum atomic E-state index is 12.7. The van der Waals surface area contributed by atoms with Crippen LogP contribution in [-0.4, -0.2) is 56.5 Å². The van der Waals surface area contributed by atoms with Crippen LogP contribution in [-0.2, 0) is 0 Å². The van der Waals surface area contributed by atoms with Gasteiger partial charge in [-0.15, -0.1) is 0 Å². The van der Waals surface area contributed by atoms with Gasteiger partial charge in [0.2, 0.25) is 0 Å². The van der Waals surface area contributed by atoms with Crippen molar-refractivity contribution in [2.24, 2.45) is 11.8 Å². The molecule has 6 nitrogen and oxygen atoms in total. The number of hydrogen-bond donors (Lipinski definition) is 3. The molecule has 4 rings (SSSR count). The van der Waals surface area contributed by atoms with Gasteiger partial charge in [0.15, 0.2) is 0 Å². The number of aromatic amines is 1. The van der Waals surface area contributed by atoms with Gasteiger partial charge in [-0.3, -0.25) is 9.89 Å². The second-order valence-corrected chi connectivity index (χ2v) is 6.88. The van der Waals surface area contributed by atoms with Crippen LogP contribution in [0.25, 0.3) is 11.3 Å². The first-order chi connectivity index (χ1) is 11.6. The summed E-state index contributed by atoms with van der Waals surface area (Å²) in [4.78, 5) is 14.6. The van der Waals surface area contributed by atoms with Crippen molar-refractivity contribution in [1.29, 1.82) is 0 Å². The number of hydrogen-bond acceptors (Lipinski definition) is 4. The second kappa shape index (κ2) is 6.03. The molecule has 0 unspecified atom stereocenters. The molecule has 1 saturated carbocycles. The Balaban J connectivity index is 1.46. The van der Waals surface area contributed by atoms with Crippen LogP contribution < -0.4 is 0 Å². The molecule has 126 valence electrons. The number of carbonyl (C=O) groups excluding carboxylic acids is 1. The van der Waals surface area contributed by atoms with Crippen molar-refractivity contribution in [1.82, 2.24) is 15.1 Å². The molecule has 2 fully saturated rings. The number of aliphatic hydroxyl groups is 2. The number of amides is 1. The molecule has 1 aliphatic heterocycles. The summed E-state index contributed by atoms with van der Waals surface area (Å²) in [6, 6.07) is 9.39. The van der Waals surface area contributed by atoms with Crippen LogP contribution in [0, 0.1) is 11.8 Å². The molecular formula is C18H21N3O3. The van der Waals surface area contributed by atoms with Crippen molar-refractivity contribution >= 4 is 5.91 Å². The zero-order valence-corrected chi connectivity index (χ0v) is 13.3. The maximum absolute atomic E-state index is 12.7. The van der Waals surface area contributed by atoms with Gasteiger partial charge in [-0.2, -0.15) is 5.10 Å². The minimum Gasteiger partial charge on any atom is -0.390 e. The number of likely N-dealkylation sites (tertiary alicyclic amines) is 1. The number of fused-ring (bicyclic) bond motifs is 1. The molecule has 6 heteroatoms. The summed E-state index contributed by atoms with van der Waals surface area (Å²) >= 11 is 0. The first kappa shape index (κ1) is 15.4. The van der Waals surface area contributed by atoms with E-state index in [1.165, 1.54) is 0 Å². The van der Waals surface area contributed by atoms with Crippen LogP contribution in [0.2, 0.25) is 0 Å². The first-order valence-corrected chi connectivity index (χ1v) is 8.37. The largest absolute Gasteiger partial charge is 0.390 e. The number of H-pyrrole nitrogens is 1. The van der Waals surface area contributed by atoms with E-state index in [1.54, 1.807) is 6.20 Å². The summed E-state index contributed by atoms with van der Waals surface area (Å²) in [5.41, 5.74) is 2.58. The average Bonchev–Trinajstić information content (AvgIpc) is 3.24. The molecule has 2 heterocycles. The molecule has 3 N–H and O–H groups in total. The Morgan fingerprint density at radius 3 is 2.21 bits per heavy atom. The molecule has 1 aromatic carbocycles. The number of aliphatic hydroxyl groups excluding tert-OH is 2. The van der Waals surface area contributed by atoms with E-state index < -0.39 is 12.2 Å². The van der Waals surface area contributed by atoms with Gasteiger partial charge in [0.1, 0.15) is 0 Å². The van der Waals surface area contributed by atoms with E-state index in [1.807, 2.05) is 35.2 Å². The number of benzene rings is 1. The maximum Gasteiger partial charge on any atom is 0.253 e. The summed E-state index contributed by atoms with van der Waals surface area (Å²) in [7, 11) is 0. The Hall–Kier alpha value is -2.18. The van der Waals surface area contributed by atoms with E-state index in [0.29, 0.717) is 31.5 Å². The average molecular weight is 327 g/mol. The molecule has 1 saturated heterocycles. The zero-order chi connectivity index (χ0) is 16.7. The summed E-state index contributed by atoms with van der Waals surface area (Å²) in [6.07, 6.45) is 1.54. The third kappa shape index (κ3) is 2.72. The molecular weight excluding hydrogens is 306 g/mol. The Kier molecular flexibility index (Phi) is 3.86. The SMILES string of the molecule is O=C(c1ccc(-c2ccn[nH]2)cc1)N1C[C@H]2C[C@@H](O)[C@H](O)C[C@H]2C1. The Morgan fingerprint density at radius 2 is 1.67 bits per heavy atom. The van der Waals surface area contributed by atoms with E-state index in [9.17, 15) is 15.0 Å². The van der Waals surface area contributed by atoms with Gasteiger partial charge in [-0.1, -0.05) is 12.1 Å². The Bertz CT molecular complexity index is 696. The predicted octanol–water partition coefficient (Wildman–Crippen LogP) is 1.28. The first-order valence-electron chi connectivity index (χ1n) is 8.37. The Morgan fingerprint density at radius 1 is 1.04 bits per heavy atom. The van der Waals surface area contributed by atoms with E-state index in [2.05, 4.69) is 10.2 Å². The molecule has 1 aliphatic carbocycles. The summed E-state index contributed by atoms with van der Waals surface area (Å²) in [5, 5.41) is 26.5. The normalized spacial score (nSPS) is 29.5. The molecule has 24 heavy (non-hydrogen) atoms. The topological polar surface area (TPSA) is 89.5 Å². The summed E-state index contributed by atoms with van der Waals surface area (Å²) in [6.45, 7) is 1.32. The van der Waals surface area contributed by atoms with E-state index in [0.717, 1.165) is 11.3 Å². The van der Waals surface area contributed by atoms with Crippen LogP contribution in [0.1, 0.15) is 23.2 Å². The minimum atomic E-state index is -0.657. The highest BCUT2D eigenvalue weighted by Crippen LogP contribution is 2.37. The smallest absolute Gasteiger partial charge is 0.253 e. The zero-order valence-electron chi connectivity index (χ0n) is 13.3. The highest BCUT2D eigenvalue weighted by Gasteiger charge is 2.42. The fourth-order valence-electron chi connectivity index (χ4n) is 3.96. The van der Waals surface area contributed by atoms with Crippen LogP contribution in [0.5, 0.6) is 0 Å². The molecule has 2 aliphatic rings. The van der Waals surface area contributed by atoms with Gasteiger partial charge in [0.25, 0.3) is 5.91 Å². The lowest BCUT2D eigenvalue weighted by molar-refractivity contribution is -0.0372. The number of rotatable bonds is 2. The van der Waals surface area contributed by atoms with Crippen LogP contribution in [0.4, 0.5) is 0 Å². The fourth-order valence-corrected chi connectivity index (χ4v) is 3.96. The molecule has 0 radical (unpaired) electrons. The van der Waals surface area contributed by atoms with Crippen molar-refractivity contribution < 1.29 is 15.0 Å². The van der Waals surface area contributed by atoms with Crippen molar-refractivity contribution in [3.63, 3.8) is 0 Å². The van der Waals surface area contributed by atoms with Crippen LogP contribution >= 0.6 is 0 Å². The predicted molar refractivity (Wildman–Crippen MR) is 88.2 cm³/mol. The van der Waals surface area contributed by atoms with Crippen molar-refractivity contribution in [3.05, 3.63) is 42.1 Å². The number of aromatic nitrogens is 2. The molecule has 0 spiro atoms. The molecule has 0 bridgehead atoms. The second-order valence-electron chi connectivity index (χ2n) is 6.88. The lowest BCUT2D eigenvalue weighted by Gasteiger charge is -2.31. The van der Waals surface area contributed by atoms with Crippen LogP contribution in [0.15, 0.2) is 36.5 Å². The van der Waals surface area contributed by atoms with Crippen molar-refractivity contribution in [3.8, 4) is 11.3 Å². The third-order valence-electron chi connectivity index (χ3n) is 5.34. The summed E-state index contributed by atoms with van der Waals surface area (Å²) in [5.74, 6) is 0.595. The molecule has 2 aromatic rings. The Labute approximate surface area is 140 Å². The van der Waals surface area contributed by atoms with Gasteiger partial charge in [0, 0.05) is 24.8 Å². The van der Waals surface area contributed by atoms with Gasteiger partial charge in [-0.05, 0) is 48.4 Å². The van der Waals surface area contributed by atoms with Crippen molar-refractivity contribution in [2.45, 2.75) is 25.0 Å². The van der Waals surface area contributed by atoms with Gasteiger partial charge in [-0.25, -0.2) is 0 Å². The molecule has 1 aromatic heterocycles.